The molecular formula is C20H23N5O4S. The second kappa shape index (κ2) is 7.28. The van der Waals surface area contributed by atoms with Gasteiger partial charge < -0.3 is 10.7 Å². The number of nitrogens with zero attached hydrogens (tertiary/aromatic N) is 3. The van der Waals surface area contributed by atoms with E-state index >= 15 is 0 Å². The molecule has 1 aliphatic carbocycles. The molecule has 1 aromatic carbocycles. The van der Waals surface area contributed by atoms with Crippen LogP contribution < -0.4 is 15.6 Å². The summed E-state index contributed by atoms with van der Waals surface area (Å²) in [6.07, 6.45) is 4.68. The predicted molar refractivity (Wildman–Crippen MR) is 114 cm³/mol. The maximum absolute atomic E-state index is 12.3. The van der Waals surface area contributed by atoms with Crippen molar-refractivity contribution in [3.63, 3.8) is 0 Å². The third kappa shape index (κ3) is 3.70. The Morgan fingerprint density at radius 1 is 1.33 bits per heavy atom. The lowest BCUT2D eigenvalue weighted by molar-refractivity contribution is 0.0992. The number of pyridine rings is 1. The molecule has 1 aliphatic rings. The fourth-order valence-corrected chi connectivity index (χ4v) is 4.78. The number of H-pyrrole nitrogens is 1. The number of nitrogens with two attached hydrogens (primary N) is 1. The number of fused-ring (bicyclic) bond motifs is 1. The van der Waals surface area contributed by atoms with Gasteiger partial charge in [0, 0.05) is 24.2 Å². The summed E-state index contributed by atoms with van der Waals surface area (Å²) < 4.78 is 27.5. The average Bonchev–Trinajstić information content (AvgIpc) is 3.44. The highest BCUT2D eigenvalue weighted by Crippen LogP contribution is 2.46. The summed E-state index contributed by atoms with van der Waals surface area (Å²) >= 11 is 0. The van der Waals surface area contributed by atoms with E-state index in [0.29, 0.717) is 23.1 Å². The number of amides is 1. The van der Waals surface area contributed by atoms with Crippen molar-refractivity contribution in [2.24, 2.45) is 5.73 Å². The largest absolute Gasteiger partial charge is 0.364 e. The standard InChI is InChI=1S/C20H23N5O4S/c1-3-25(30(2,28)29)17-9-16-15(8-14(17)13-5-6-13)19(20(21)27)24(23-16)11-12-4-7-18(26)22-10-12/h4,7-10,13H,3,5-6,11H2,1-2H3,(H2,21,27)(H,22,26). The molecule has 30 heavy (non-hydrogen) atoms. The molecule has 1 saturated carbocycles. The molecule has 158 valence electrons. The highest BCUT2D eigenvalue weighted by Gasteiger charge is 2.31. The van der Waals surface area contributed by atoms with Gasteiger partial charge in [0.15, 0.2) is 0 Å². The van der Waals surface area contributed by atoms with Gasteiger partial charge in [0.2, 0.25) is 15.6 Å². The second-order valence-electron chi connectivity index (χ2n) is 7.56. The molecule has 4 rings (SSSR count). The third-order valence-electron chi connectivity index (χ3n) is 5.27. The Hall–Kier alpha value is -3.14. The average molecular weight is 430 g/mol. The van der Waals surface area contributed by atoms with E-state index < -0.39 is 15.9 Å². The molecule has 1 fully saturated rings. The molecule has 2 heterocycles. The van der Waals surface area contributed by atoms with E-state index in [0.717, 1.165) is 24.0 Å². The van der Waals surface area contributed by atoms with Gasteiger partial charge in [-0.15, -0.1) is 0 Å². The van der Waals surface area contributed by atoms with Crippen LogP contribution in [0.4, 0.5) is 5.69 Å². The second-order valence-corrected chi connectivity index (χ2v) is 9.47. The molecule has 3 aromatic rings. The van der Waals surface area contributed by atoms with E-state index in [9.17, 15) is 18.0 Å². The van der Waals surface area contributed by atoms with Crippen LogP contribution in [0.1, 0.15) is 47.3 Å². The first kappa shape index (κ1) is 20.1. The fraction of sp³-hybridized carbons (Fsp3) is 0.350. The Morgan fingerprint density at radius 3 is 2.60 bits per heavy atom. The van der Waals surface area contributed by atoms with E-state index in [1.54, 1.807) is 25.3 Å². The van der Waals surface area contributed by atoms with Gasteiger partial charge in [-0.25, -0.2) is 8.42 Å². The maximum Gasteiger partial charge on any atom is 0.267 e. The Kier molecular flexibility index (Phi) is 4.89. The number of carbonyl (C=O) groups is 1. The lowest BCUT2D eigenvalue weighted by Crippen LogP contribution is -2.30. The molecule has 0 radical (unpaired) electrons. The number of anilines is 1. The van der Waals surface area contributed by atoms with E-state index in [2.05, 4.69) is 10.1 Å². The van der Waals surface area contributed by atoms with Crippen LogP contribution >= 0.6 is 0 Å². The van der Waals surface area contributed by atoms with Crippen molar-refractivity contribution >= 4 is 32.5 Å². The van der Waals surface area contributed by atoms with Crippen molar-refractivity contribution < 1.29 is 13.2 Å². The minimum Gasteiger partial charge on any atom is -0.364 e. The summed E-state index contributed by atoms with van der Waals surface area (Å²) in [6.45, 7) is 2.32. The Morgan fingerprint density at radius 2 is 2.07 bits per heavy atom. The Bertz CT molecular complexity index is 1280. The van der Waals surface area contributed by atoms with Crippen LogP contribution in [0.5, 0.6) is 0 Å². The van der Waals surface area contributed by atoms with Gasteiger partial charge in [-0.2, -0.15) is 5.10 Å². The smallest absolute Gasteiger partial charge is 0.267 e. The number of carbonyl (C=O) groups excluding carboxylic acids is 1. The fourth-order valence-electron chi connectivity index (χ4n) is 3.79. The summed E-state index contributed by atoms with van der Waals surface area (Å²) in [5, 5.41) is 5.13. The van der Waals surface area contributed by atoms with Crippen LogP contribution in [-0.2, 0) is 16.6 Å². The van der Waals surface area contributed by atoms with Crippen LogP contribution in [0.25, 0.3) is 10.9 Å². The summed E-state index contributed by atoms with van der Waals surface area (Å²) in [7, 11) is -3.46. The number of aromatic nitrogens is 3. The van der Waals surface area contributed by atoms with Gasteiger partial charge in [-0.1, -0.05) is 6.07 Å². The number of rotatable bonds is 7. The first-order valence-corrected chi connectivity index (χ1v) is 11.5. The quantitative estimate of drug-likeness (QED) is 0.588. The van der Waals surface area contributed by atoms with Crippen LogP contribution in [-0.4, -0.2) is 41.9 Å². The SMILES string of the molecule is CCN(c1cc2nn(Cc3ccc(=O)[nH]c3)c(C(N)=O)c2cc1C1CC1)S(C)(=O)=O. The van der Waals surface area contributed by atoms with Crippen LogP contribution in [0.2, 0.25) is 0 Å². The summed E-state index contributed by atoms with van der Waals surface area (Å²) in [5.41, 5.74) is 8.44. The molecule has 0 bridgehead atoms. The molecule has 0 atom stereocenters. The van der Waals surface area contributed by atoms with Gasteiger partial charge >= 0.3 is 0 Å². The lowest BCUT2D eigenvalue weighted by atomic mass is 10.0. The molecule has 2 aromatic heterocycles. The van der Waals surface area contributed by atoms with Gasteiger partial charge in [0.25, 0.3) is 5.91 Å². The van der Waals surface area contributed by atoms with Crippen LogP contribution in [0.3, 0.4) is 0 Å². The number of aromatic amines is 1. The van der Waals surface area contributed by atoms with Crippen molar-refractivity contribution in [2.45, 2.75) is 32.2 Å². The van der Waals surface area contributed by atoms with Crippen molar-refractivity contribution in [2.75, 3.05) is 17.1 Å². The highest BCUT2D eigenvalue weighted by molar-refractivity contribution is 7.92. The first-order chi connectivity index (χ1) is 14.2. The van der Waals surface area contributed by atoms with Crippen molar-refractivity contribution in [1.29, 1.82) is 0 Å². The van der Waals surface area contributed by atoms with Crippen LogP contribution in [0.15, 0.2) is 35.3 Å². The Balaban J connectivity index is 1.91. The third-order valence-corrected chi connectivity index (χ3v) is 6.53. The first-order valence-electron chi connectivity index (χ1n) is 9.68. The molecule has 3 N–H and O–H groups in total. The van der Waals surface area contributed by atoms with Gasteiger partial charge in [-0.05, 0) is 48.9 Å². The summed E-state index contributed by atoms with van der Waals surface area (Å²) in [5.74, 6) is -0.365. The van der Waals surface area contributed by atoms with E-state index in [1.807, 2.05) is 6.07 Å². The molecule has 0 unspecified atom stereocenters. The monoisotopic (exact) mass is 429 g/mol. The van der Waals surface area contributed by atoms with E-state index in [-0.39, 0.29) is 23.7 Å². The van der Waals surface area contributed by atoms with Crippen molar-refractivity contribution in [1.82, 2.24) is 14.8 Å². The van der Waals surface area contributed by atoms with Gasteiger partial charge in [0.05, 0.1) is 24.0 Å². The molecule has 0 spiro atoms. The number of primary amides is 1. The highest BCUT2D eigenvalue weighted by atomic mass is 32.2. The summed E-state index contributed by atoms with van der Waals surface area (Å²) in [4.78, 5) is 26.2. The van der Waals surface area contributed by atoms with Gasteiger partial charge in [0.1, 0.15) is 5.69 Å². The van der Waals surface area contributed by atoms with E-state index in [4.69, 9.17) is 5.73 Å². The van der Waals surface area contributed by atoms with Crippen LogP contribution in [0, 0.1) is 0 Å². The zero-order valence-electron chi connectivity index (χ0n) is 16.8. The maximum atomic E-state index is 12.3. The normalized spacial score (nSPS) is 14.2. The molecule has 10 heteroatoms. The number of hydrogen-bond acceptors (Lipinski definition) is 5. The number of nitrogens with one attached hydrogen (secondary N) is 1. The number of sulfonamides is 1. The number of benzene rings is 1. The summed E-state index contributed by atoms with van der Waals surface area (Å²) in [6, 6.07) is 6.63. The van der Waals surface area contributed by atoms with Crippen molar-refractivity contribution in [3.05, 3.63) is 57.6 Å². The molecule has 1 amide bonds. The number of hydrogen-bond donors (Lipinski definition) is 2. The minimum atomic E-state index is -3.46. The molecule has 0 saturated heterocycles. The molecular weight excluding hydrogens is 406 g/mol. The minimum absolute atomic E-state index is 0.223. The zero-order chi connectivity index (χ0) is 21.6. The lowest BCUT2D eigenvalue weighted by Gasteiger charge is -2.23. The molecule has 0 aliphatic heterocycles. The predicted octanol–water partition coefficient (Wildman–Crippen LogP) is 1.54. The zero-order valence-corrected chi connectivity index (χ0v) is 17.6. The van der Waals surface area contributed by atoms with Crippen molar-refractivity contribution in [3.8, 4) is 0 Å². The molecule has 9 nitrogen and oxygen atoms in total. The topological polar surface area (TPSA) is 131 Å². The van der Waals surface area contributed by atoms with E-state index in [1.165, 1.54) is 21.3 Å². The van der Waals surface area contributed by atoms with Gasteiger partial charge in [-0.3, -0.25) is 18.6 Å². The Labute approximate surface area is 173 Å².